The molecule has 0 aliphatic rings. The first kappa shape index (κ1) is 13.8. The Labute approximate surface area is 131 Å². The molecule has 3 nitrogen and oxygen atoms in total. The highest BCUT2D eigenvalue weighted by atomic mass is 79.9. The third-order valence-corrected chi connectivity index (χ3v) is 3.43. The van der Waals surface area contributed by atoms with Gasteiger partial charge in [-0.2, -0.15) is 0 Å². The molecule has 0 spiro atoms. The van der Waals surface area contributed by atoms with E-state index in [4.69, 9.17) is 4.74 Å². The molecule has 4 heteroatoms. The van der Waals surface area contributed by atoms with Crippen molar-refractivity contribution < 1.29 is 4.74 Å². The second-order valence-electron chi connectivity index (χ2n) is 4.52. The average molecular weight is 341 g/mol. The van der Waals surface area contributed by atoms with Crippen molar-refractivity contribution in [2.24, 2.45) is 0 Å². The summed E-state index contributed by atoms with van der Waals surface area (Å²) < 4.78 is 6.49. The van der Waals surface area contributed by atoms with E-state index < -0.39 is 0 Å². The van der Waals surface area contributed by atoms with E-state index in [-0.39, 0.29) is 0 Å². The fraction of sp³-hybridized carbons (Fsp3) is 0.0588. The van der Waals surface area contributed by atoms with Crippen molar-refractivity contribution >= 4 is 15.9 Å². The third-order valence-electron chi connectivity index (χ3n) is 3.02. The Morgan fingerprint density at radius 1 is 0.857 bits per heavy atom. The van der Waals surface area contributed by atoms with Crippen molar-refractivity contribution in [3.8, 4) is 17.0 Å². The highest BCUT2D eigenvalue weighted by Gasteiger charge is 2.01. The van der Waals surface area contributed by atoms with Gasteiger partial charge in [0.2, 0.25) is 0 Å². The topological polar surface area (TPSA) is 35.0 Å². The molecule has 21 heavy (non-hydrogen) atoms. The number of ether oxygens (including phenoxy) is 1. The van der Waals surface area contributed by atoms with Crippen LogP contribution in [0.15, 0.2) is 71.6 Å². The van der Waals surface area contributed by atoms with Gasteiger partial charge in [-0.05, 0) is 45.8 Å². The molecule has 0 saturated carbocycles. The van der Waals surface area contributed by atoms with E-state index in [9.17, 15) is 0 Å². The number of aromatic nitrogens is 2. The molecule has 0 atom stereocenters. The average Bonchev–Trinajstić information content (AvgIpc) is 2.55. The van der Waals surface area contributed by atoms with Gasteiger partial charge < -0.3 is 4.74 Å². The van der Waals surface area contributed by atoms with Crippen LogP contribution < -0.4 is 4.74 Å². The van der Waals surface area contributed by atoms with Crippen LogP contribution >= 0.6 is 15.9 Å². The van der Waals surface area contributed by atoms with Crippen LogP contribution in [0.4, 0.5) is 0 Å². The first-order valence-corrected chi connectivity index (χ1v) is 7.35. The molecule has 0 aliphatic heterocycles. The van der Waals surface area contributed by atoms with Gasteiger partial charge in [-0.15, -0.1) is 0 Å². The van der Waals surface area contributed by atoms with E-state index in [0.29, 0.717) is 6.61 Å². The van der Waals surface area contributed by atoms with Crippen LogP contribution in [-0.2, 0) is 6.61 Å². The predicted octanol–water partition coefficient (Wildman–Crippen LogP) is 4.49. The minimum absolute atomic E-state index is 0.568. The summed E-state index contributed by atoms with van der Waals surface area (Å²) in [6.45, 7) is 0.568. The summed E-state index contributed by atoms with van der Waals surface area (Å²) in [5.41, 5.74) is 3.01. The van der Waals surface area contributed by atoms with Crippen LogP contribution in [0, 0.1) is 0 Å². The Balaban J connectivity index is 1.68. The van der Waals surface area contributed by atoms with Gasteiger partial charge >= 0.3 is 0 Å². The molecule has 3 aromatic rings. The molecule has 1 aromatic heterocycles. The zero-order chi connectivity index (χ0) is 14.5. The van der Waals surface area contributed by atoms with Gasteiger partial charge in [0, 0.05) is 5.56 Å². The van der Waals surface area contributed by atoms with Crippen LogP contribution in [-0.4, -0.2) is 9.97 Å². The Hall–Kier alpha value is -2.20. The van der Waals surface area contributed by atoms with Gasteiger partial charge in [0.1, 0.15) is 17.0 Å². The van der Waals surface area contributed by atoms with E-state index in [1.54, 1.807) is 12.4 Å². The van der Waals surface area contributed by atoms with Crippen molar-refractivity contribution in [3.05, 3.63) is 77.2 Å². The zero-order valence-corrected chi connectivity index (χ0v) is 12.8. The molecule has 0 radical (unpaired) electrons. The molecular weight excluding hydrogens is 328 g/mol. The fourth-order valence-corrected chi connectivity index (χ4v) is 2.13. The molecule has 104 valence electrons. The van der Waals surface area contributed by atoms with Crippen molar-refractivity contribution in [1.82, 2.24) is 9.97 Å². The molecule has 0 bridgehead atoms. The summed E-state index contributed by atoms with van der Waals surface area (Å²) in [6.07, 6.45) is 3.43. The van der Waals surface area contributed by atoms with Crippen molar-refractivity contribution in [3.63, 3.8) is 0 Å². The zero-order valence-electron chi connectivity index (χ0n) is 11.2. The van der Waals surface area contributed by atoms with E-state index in [0.717, 1.165) is 27.2 Å². The van der Waals surface area contributed by atoms with Crippen molar-refractivity contribution in [2.45, 2.75) is 6.61 Å². The first-order chi connectivity index (χ1) is 10.3. The smallest absolute Gasteiger partial charge is 0.124 e. The lowest BCUT2D eigenvalue weighted by Gasteiger charge is -2.07. The standard InChI is InChI=1S/C17H13BrN2O/c18-17-11-19-16(10-20-17)14-6-8-15(9-7-14)21-12-13-4-2-1-3-5-13/h1-11H,12H2. The van der Waals surface area contributed by atoms with Gasteiger partial charge in [-0.1, -0.05) is 30.3 Å². The second-order valence-corrected chi connectivity index (χ2v) is 5.34. The maximum atomic E-state index is 5.76. The minimum atomic E-state index is 0.568. The SMILES string of the molecule is Brc1cnc(-c2ccc(OCc3ccccc3)cc2)cn1. The summed E-state index contributed by atoms with van der Waals surface area (Å²) >= 11 is 3.28. The van der Waals surface area contributed by atoms with Gasteiger partial charge in [-0.25, -0.2) is 4.98 Å². The van der Waals surface area contributed by atoms with Gasteiger partial charge in [-0.3, -0.25) is 4.98 Å². The molecule has 0 saturated heterocycles. The molecule has 1 heterocycles. The molecule has 0 aliphatic carbocycles. The number of hydrogen-bond acceptors (Lipinski definition) is 3. The van der Waals surface area contributed by atoms with Gasteiger partial charge in [0.25, 0.3) is 0 Å². The summed E-state index contributed by atoms with van der Waals surface area (Å²) in [7, 11) is 0. The lowest BCUT2D eigenvalue weighted by molar-refractivity contribution is 0.306. The van der Waals surface area contributed by atoms with Gasteiger partial charge in [0.05, 0.1) is 18.1 Å². The molecule has 0 unspecified atom stereocenters. The van der Waals surface area contributed by atoms with E-state index in [2.05, 4.69) is 25.9 Å². The Bertz CT molecular complexity index is 697. The Morgan fingerprint density at radius 3 is 2.29 bits per heavy atom. The van der Waals surface area contributed by atoms with Crippen LogP contribution in [0.25, 0.3) is 11.3 Å². The summed E-state index contributed by atoms with van der Waals surface area (Å²) in [5.74, 6) is 0.840. The van der Waals surface area contributed by atoms with E-state index >= 15 is 0 Å². The molecule has 0 N–H and O–H groups in total. The van der Waals surface area contributed by atoms with E-state index in [1.165, 1.54) is 0 Å². The first-order valence-electron chi connectivity index (χ1n) is 6.56. The van der Waals surface area contributed by atoms with Gasteiger partial charge in [0.15, 0.2) is 0 Å². The number of benzene rings is 2. The molecule has 0 amide bonds. The Morgan fingerprint density at radius 2 is 1.62 bits per heavy atom. The maximum absolute atomic E-state index is 5.76. The lowest BCUT2D eigenvalue weighted by Crippen LogP contribution is -1.94. The normalized spacial score (nSPS) is 10.3. The monoisotopic (exact) mass is 340 g/mol. The predicted molar refractivity (Wildman–Crippen MR) is 85.9 cm³/mol. The number of halogens is 1. The highest BCUT2D eigenvalue weighted by Crippen LogP contribution is 2.21. The van der Waals surface area contributed by atoms with Crippen molar-refractivity contribution in [2.75, 3.05) is 0 Å². The fourth-order valence-electron chi connectivity index (χ4n) is 1.92. The lowest BCUT2D eigenvalue weighted by atomic mass is 10.1. The molecule has 0 fully saturated rings. The highest BCUT2D eigenvalue weighted by molar-refractivity contribution is 9.10. The summed E-state index contributed by atoms with van der Waals surface area (Å²) in [4.78, 5) is 8.50. The minimum Gasteiger partial charge on any atom is -0.489 e. The number of hydrogen-bond donors (Lipinski definition) is 0. The second kappa shape index (κ2) is 6.50. The number of nitrogens with zero attached hydrogens (tertiary/aromatic N) is 2. The van der Waals surface area contributed by atoms with Crippen molar-refractivity contribution in [1.29, 1.82) is 0 Å². The van der Waals surface area contributed by atoms with Crippen LogP contribution in [0.1, 0.15) is 5.56 Å². The molecule has 2 aromatic carbocycles. The molecular formula is C17H13BrN2O. The van der Waals surface area contributed by atoms with E-state index in [1.807, 2.05) is 54.6 Å². The third kappa shape index (κ3) is 3.67. The molecule has 3 rings (SSSR count). The Kier molecular flexibility index (Phi) is 4.26. The summed E-state index contributed by atoms with van der Waals surface area (Å²) in [5, 5.41) is 0. The quantitative estimate of drug-likeness (QED) is 0.702. The maximum Gasteiger partial charge on any atom is 0.124 e. The number of rotatable bonds is 4. The van der Waals surface area contributed by atoms with Crippen LogP contribution in [0.5, 0.6) is 5.75 Å². The van der Waals surface area contributed by atoms with Crippen LogP contribution in [0.2, 0.25) is 0 Å². The summed E-state index contributed by atoms with van der Waals surface area (Å²) in [6, 6.07) is 18.0. The van der Waals surface area contributed by atoms with Crippen LogP contribution in [0.3, 0.4) is 0 Å². The largest absolute Gasteiger partial charge is 0.489 e.